The van der Waals surface area contributed by atoms with Crippen LogP contribution in [0.25, 0.3) is 0 Å². The first-order valence-electron chi connectivity index (χ1n) is 4.87. The molecule has 0 atom stereocenters. The van der Waals surface area contributed by atoms with Crippen molar-refractivity contribution in [1.82, 2.24) is 4.90 Å². The molecule has 0 fully saturated rings. The lowest BCUT2D eigenvalue weighted by molar-refractivity contribution is 0.505. The summed E-state index contributed by atoms with van der Waals surface area (Å²) in [6.07, 6.45) is 9.69. The van der Waals surface area contributed by atoms with Crippen molar-refractivity contribution >= 4 is 0 Å². The standard InChI is InChI=1S/C8H16.C3H9N/c1-3-5-7-8-6-4-2;1-4(2)3/h3,5H,4,6-8H2,1-2H3;1-3H3. The van der Waals surface area contributed by atoms with Crippen LogP contribution < -0.4 is 0 Å². The Morgan fingerprint density at radius 2 is 1.58 bits per heavy atom. The molecule has 0 spiro atoms. The molecule has 0 aliphatic carbocycles. The van der Waals surface area contributed by atoms with E-state index in [-0.39, 0.29) is 0 Å². The Morgan fingerprint density at radius 1 is 1.08 bits per heavy atom. The lowest BCUT2D eigenvalue weighted by atomic mass is 10.2. The summed E-state index contributed by atoms with van der Waals surface area (Å²) in [5.41, 5.74) is 0. The molecule has 0 bridgehead atoms. The largest absolute Gasteiger partial charge is 0.312 e. The molecular weight excluding hydrogens is 146 g/mol. The summed E-state index contributed by atoms with van der Waals surface area (Å²) < 4.78 is 0. The summed E-state index contributed by atoms with van der Waals surface area (Å²) in [5, 5.41) is 0. The average molecular weight is 171 g/mol. The van der Waals surface area contributed by atoms with E-state index in [0.29, 0.717) is 0 Å². The maximum atomic E-state index is 2.23. The van der Waals surface area contributed by atoms with Crippen molar-refractivity contribution in [3.05, 3.63) is 12.2 Å². The molecule has 0 N–H and O–H groups in total. The highest BCUT2D eigenvalue weighted by molar-refractivity contribution is 4.75. The monoisotopic (exact) mass is 171 g/mol. The molecule has 1 nitrogen and oxygen atoms in total. The van der Waals surface area contributed by atoms with E-state index in [9.17, 15) is 0 Å². The van der Waals surface area contributed by atoms with E-state index in [1.807, 2.05) is 26.0 Å². The number of hydrogen-bond donors (Lipinski definition) is 0. The van der Waals surface area contributed by atoms with Gasteiger partial charge in [0, 0.05) is 0 Å². The summed E-state index contributed by atoms with van der Waals surface area (Å²) in [5.74, 6) is 0. The number of allylic oxidation sites excluding steroid dienone is 2. The molecule has 0 aromatic carbocycles. The molecule has 74 valence electrons. The van der Waals surface area contributed by atoms with E-state index in [1.165, 1.54) is 25.7 Å². The van der Waals surface area contributed by atoms with Gasteiger partial charge in [0.15, 0.2) is 0 Å². The fourth-order valence-electron chi connectivity index (χ4n) is 0.679. The normalized spacial score (nSPS) is 10.2. The van der Waals surface area contributed by atoms with E-state index in [2.05, 4.69) is 26.0 Å². The lowest BCUT2D eigenvalue weighted by Gasteiger charge is -1.90. The van der Waals surface area contributed by atoms with E-state index >= 15 is 0 Å². The van der Waals surface area contributed by atoms with Crippen LogP contribution in [0.5, 0.6) is 0 Å². The highest BCUT2D eigenvalue weighted by Crippen LogP contribution is 1.98. The van der Waals surface area contributed by atoms with Gasteiger partial charge in [-0.3, -0.25) is 0 Å². The predicted molar refractivity (Wildman–Crippen MR) is 58.6 cm³/mol. The van der Waals surface area contributed by atoms with Crippen LogP contribution in [0, 0.1) is 0 Å². The molecule has 0 aromatic rings. The van der Waals surface area contributed by atoms with Gasteiger partial charge in [0.1, 0.15) is 0 Å². The Labute approximate surface area is 78.5 Å². The predicted octanol–water partition coefficient (Wildman–Crippen LogP) is 3.32. The van der Waals surface area contributed by atoms with Crippen molar-refractivity contribution in [1.29, 1.82) is 0 Å². The molecule has 0 saturated heterocycles. The first-order chi connectivity index (χ1) is 5.65. The average Bonchev–Trinajstić information content (AvgIpc) is 1.97. The Hall–Kier alpha value is -0.300. The van der Waals surface area contributed by atoms with Crippen LogP contribution in [0.4, 0.5) is 0 Å². The summed E-state index contributed by atoms with van der Waals surface area (Å²) in [7, 11) is 6.00. The second kappa shape index (κ2) is 13.3. The van der Waals surface area contributed by atoms with Gasteiger partial charge < -0.3 is 4.90 Å². The van der Waals surface area contributed by atoms with Crippen LogP contribution in [0.1, 0.15) is 39.5 Å². The Kier molecular flexibility index (Phi) is 15.8. The molecule has 0 unspecified atom stereocenters. The maximum absolute atomic E-state index is 2.23. The van der Waals surface area contributed by atoms with Crippen molar-refractivity contribution in [3.63, 3.8) is 0 Å². The molecule has 12 heavy (non-hydrogen) atoms. The van der Waals surface area contributed by atoms with Crippen LogP contribution in [0.15, 0.2) is 12.2 Å². The van der Waals surface area contributed by atoms with E-state index in [0.717, 1.165) is 0 Å². The summed E-state index contributed by atoms with van der Waals surface area (Å²) in [4.78, 5) is 2.00. The topological polar surface area (TPSA) is 3.24 Å². The third kappa shape index (κ3) is 33.2. The molecular formula is C11H25N. The zero-order chi connectivity index (χ0) is 9.82. The van der Waals surface area contributed by atoms with Crippen molar-refractivity contribution in [3.8, 4) is 0 Å². The highest BCUT2D eigenvalue weighted by Gasteiger charge is 1.78. The molecule has 0 aliphatic heterocycles. The molecule has 0 amide bonds. The van der Waals surface area contributed by atoms with Crippen LogP contribution >= 0.6 is 0 Å². The Bertz CT molecular complexity index is 82.3. The third-order valence-electron chi connectivity index (χ3n) is 1.21. The van der Waals surface area contributed by atoms with Gasteiger partial charge in [-0.15, -0.1) is 0 Å². The van der Waals surface area contributed by atoms with Gasteiger partial charge in [0.2, 0.25) is 0 Å². The van der Waals surface area contributed by atoms with Crippen molar-refractivity contribution < 1.29 is 0 Å². The number of hydrogen-bond acceptors (Lipinski definition) is 1. The highest BCUT2D eigenvalue weighted by atomic mass is 15.0. The first kappa shape index (κ1) is 14.2. The SMILES string of the molecule is CC=CCCCCC.CN(C)C. The molecule has 0 saturated carbocycles. The van der Waals surface area contributed by atoms with Gasteiger partial charge in [-0.1, -0.05) is 31.9 Å². The van der Waals surface area contributed by atoms with Crippen molar-refractivity contribution in [2.75, 3.05) is 21.1 Å². The van der Waals surface area contributed by atoms with Crippen LogP contribution in [-0.4, -0.2) is 26.0 Å². The minimum absolute atomic E-state index is 1.27. The van der Waals surface area contributed by atoms with Crippen molar-refractivity contribution in [2.45, 2.75) is 39.5 Å². The van der Waals surface area contributed by atoms with Gasteiger partial charge in [-0.25, -0.2) is 0 Å². The van der Waals surface area contributed by atoms with E-state index in [1.54, 1.807) is 0 Å². The molecule has 0 aliphatic rings. The fourth-order valence-corrected chi connectivity index (χ4v) is 0.679. The number of unbranched alkanes of at least 4 members (excludes halogenated alkanes) is 3. The fraction of sp³-hybridized carbons (Fsp3) is 0.818. The molecule has 0 aromatic heterocycles. The first-order valence-corrected chi connectivity index (χ1v) is 4.87. The molecule has 0 radical (unpaired) electrons. The zero-order valence-electron chi connectivity index (χ0n) is 9.43. The van der Waals surface area contributed by atoms with Gasteiger partial charge >= 0.3 is 0 Å². The quantitative estimate of drug-likeness (QED) is 0.463. The smallest absolute Gasteiger partial charge is 0.0140 e. The van der Waals surface area contributed by atoms with Gasteiger partial charge in [0.25, 0.3) is 0 Å². The van der Waals surface area contributed by atoms with E-state index in [4.69, 9.17) is 0 Å². The van der Waals surface area contributed by atoms with Crippen LogP contribution in [0.2, 0.25) is 0 Å². The number of rotatable bonds is 4. The summed E-state index contributed by atoms with van der Waals surface area (Å²) in [6, 6.07) is 0. The summed E-state index contributed by atoms with van der Waals surface area (Å²) >= 11 is 0. The second-order valence-corrected chi connectivity index (χ2v) is 3.41. The maximum Gasteiger partial charge on any atom is -0.0140 e. The van der Waals surface area contributed by atoms with Gasteiger partial charge in [-0.05, 0) is 40.9 Å². The summed E-state index contributed by atoms with van der Waals surface area (Å²) in [6.45, 7) is 4.31. The minimum Gasteiger partial charge on any atom is -0.312 e. The molecule has 0 rings (SSSR count). The van der Waals surface area contributed by atoms with Gasteiger partial charge in [0.05, 0.1) is 0 Å². The Balaban J connectivity index is 0. The van der Waals surface area contributed by atoms with Crippen molar-refractivity contribution in [2.24, 2.45) is 0 Å². The van der Waals surface area contributed by atoms with Crippen LogP contribution in [-0.2, 0) is 0 Å². The van der Waals surface area contributed by atoms with E-state index < -0.39 is 0 Å². The Morgan fingerprint density at radius 3 is 1.92 bits per heavy atom. The zero-order valence-corrected chi connectivity index (χ0v) is 9.43. The molecule has 0 heterocycles. The van der Waals surface area contributed by atoms with Gasteiger partial charge in [-0.2, -0.15) is 0 Å². The number of nitrogens with zero attached hydrogens (tertiary/aromatic N) is 1. The second-order valence-electron chi connectivity index (χ2n) is 3.41. The molecule has 1 heteroatoms. The van der Waals surface area contributed by atoms with Crippen LogP contribution in [0.3, 0.4) is 0 Å². The third-order valence-corrected chi connectivity index (χ3v) is 1.21. The minimum atomic E-state index is 1.27. The lowest BCUT2D eigenvalue weighted by Crippen LogP contribution is -1.99.